The standard InChI is InChI=1S/C10H15N7/c1-12-8-5-9(16-10(11)15-8)13-6-7-3-4-14-17(7)2/h3-5H,6H2,1-2H3,(H4,11,12,13,15,16). The second-order valence-corrected chi connectivity index (χ2v) is 3.55. The van der Waals surface area contributed by atoms with E-state index in [0.29, 0.717) is 18.2 Å². The molecule has 0 spiro atoms. The maximum atomic E-state index is 5.59. The SMILES string of the molecule is CNc1cc(NCc2ccnn2C)nc(N)n1. The lowest BCUT2D eigenvalue weighted by molar-refractivity contribution is 0.720. The van der Waals surface area contributed by atoms with Crippen LogP contribution in [0.3, 0.4) is 0 Å². The van der Waals surface area contributed by atoms with E-state index < -0.39 is 0 Å². The molecule has 0 unspecified atom stereocenters. The summed E-state index contributed by atoms with van der Waals surface area (Å²) in [5, 5.41) is 10.2. The summed E-state index contributed by atoms with van der Waals surface area (Å²) in [7, 11) is 3.68. The number of aromatic nitrogens is 4. The Morgan fingerprint density at radius 3 is 2.76 bits per heavy atom. The quantitative estimate of drug-likeness (QED) is 0.709. The summed E-state index contributed by atoms with van der Waals surface area (Å²) < 4.78 is 1.80. The predicted octanol–water partition coefficient (Wildman–Crippen LogP) is 0.446. The predicted molar refractivity (Wildman–Crippen MR) is 66.5 cm³/mol. The monoisotopic (exact) mass is 233 g/mol. The number of aryl methyl sites for hydroxylation is 1. The molecule has 0 radical (unpaired) electrons. The number of anilines is 3. The molecule has 2 rings (SSSR count). The second-order valence-electron chi connectivity index (χ2n) is 3.55. The number of nitrogens with zero attached hydrogens (tertiary/aromatic N) is 4. The highest BCUT2D eigenvalue weighted by Crippen LogP contribution is 2.12. The summed E-state index contributed by atoms with van der Waals surface area (Å²) in [6, 6.07) is 3.74. The van der Waals surface area contributed by atoms with Crippen LogP contribution in [0.2, 0.25) is 0 Å². The van der Waals surface area contributed by atoms with Crippen molar-refractivity contribution < 1.29 is 0 Å². The lowest BCUT2D eigenvalue weighted by Gasteiger charge is -2.08. The molecule has 2 aromatic heterocycles. The van der Waals surface area contributed by atoms with Crippen molar-refractivity contribution in [2.45, 2.75) is 6.54 Å². The van der Waals surface area contributed by atoms with Crippen molar-refractivity contribution in [3.63, 3.8) is 0 Å². The molecule has 0 aliphatic heterocycles. The first kappa shape index (κ1) is 11.2. The van der Waals surface area contributed by atoms with Crippen molar-refractivity contribution in [2.24, 2.45) is 7.05 Å². The lowest BCUT2D eigenvalue weighted by Crippen LogP contribution is -2.08. The van der Waals surface area contributed by atoms with Gasteiger partial charge < -0.3 is 16.4 Å². The molecule has 0 aromatic carbocycles. The zero-order valence-corrected chi connectivity index (χ0v) is 9.81. The molecule has 0 bridgehead atoms. The largest absolute Gasteiger partial charge is 0.373 e. The van der Waals surface area contributed by atoms with E-state index in [0.717, 1.165) is 5.69 Å². The van der Waals surface area contributed by atoms with Crippen molar-refractivity contribution in [3.8, 4) is 0 Å². The van der Waals surface area contributed by atoms with E-state index in [4.69, 9.17) is 5.73 Å². The topological polar surface area (TPSA) is 93.7 Å². The Labute approximate surface area is 99.1 Å². The maximum Gasteiger partial charge on any atom is 0.223 e. The van der Waals surface area contributed by atoms with Crippen LogP contribution in [0, 0.1) is 0 Å². The fourth-order valence-corrected chi connectivity index (χ4v) is 1.44. The fraction of sp³-hybridized carbons (Fsp3) is 0.300. The average molecular weight is 233 g/mol. The first-order chi connectivity index (χ1) is 8.19. The molecule has 0 amide bonds. The summed E-state index contributed by atoms with van der Waals surface area (Å²) in [5.41, 5.74) is 6.66. The summed E-state index contributed by atoms with van der Waals surface area (Å²) in [6.45, 7) is 0.635. The van der Waals surface area contributed by atoms with Gasteiger partial charge >= 0.3 is 0 Å². The van der Waals surface area contributed by atoms with Crippen LogP contribution in [0.4, 0.5) is 17.6 Å². The van der Waals surface area contributed by atoms with Crippen molar-refractivity contribution >= 4 is 17.6 Å². The van der Waals surface area contributed by atoms with Crippen LogP contribution in [0.15, 0.2) is 18.3 Å². The molecule has 2 heterocycles. The smallest absolute Gasteiger partial charge is 0.223 e. The molecule has 90 valence electrons. The summed E-state index contributed by atoms with van der Waals surface area (Å²) in [6.07, 6.45) is 1.75. The number of hydrogen-bond acceptors (Lipinski definition) is 6. The van der Waals surface area contributed by atoms with Crippen LogP contribution in [0.1, 0.15) is 5.69 Å². The number of nitrogen functional groups attached to an aromatic ring is 1. The third kappa shape index (κ3) is 2.63. The van der Waals surface area contributed by atoms with E-state index in [9.17, 15) is 0 Å². The normalized spacial score (nSPS) is 10.2. The van der Waals surface area contributed by atoms with Crippen LogP contribution >= 0.6 is 0 Å². The van der Waals surface area contributed by atoms with Gasteiger partial charge in [-0.3, -0.25) is 4.68 Å². The van der Waals surface area contributed by atoms with Gasteiger partial charge in [-0.2, -0.15) is 15.1 Å². The summed E-state index contributed by atoms with van der Waals surface area (Å²) in [4.78, 5) is 8.11. The highest BCUT2D eigenvalue weighted by Gasteiger charge is 2.02. The third-order valence-corrected chi connectivity index (χ3v) is 2.37. The molecule has 17 heavy (non-hydrogen) atoms. The molecule has 0 fully saturated rings. The van der Waals surface area contributed by atoms with Gasteiger partial charge in [0.25, 0.3) is 0 Å². The highest BCUT2D eigenvalue weighted by molar-refractivity contribution is 5.50. The Balaban J connectivity index is 2.09. The molecular formula is C10H15N7. The Morgan fingerprint density at radius 1 is 1.35 bits per heavy atom. The molecular weight excluding hydrogens is 218 g/mol. The molecule has 0 saturated carbocycles. The zero-order chi connectivity index (χ0) is 12.3. The van der Waals surface area contributed by atoms with Gasteiger partial charge in [0.1, 0.15) is 11.6 Å². The zero-order valence-electron chi connectivity index (χ0n) is 9.81. The fourth-order valence-electron chi connectivity index (χ4n) is 1.44. The summed E-state index contributed by atoms with van der Waals surface area (Å²) in [5.74, 6) is 1.61. The van der Waals surface area contributed by atoms with Crippen LogP contribution < -0.4 is 16.4 Å². The van der Waals surface area contributed by atoms with E-state index in [1.54, 1.807) is 24.0 Å². The molecule has 0 aliphatic rings. The Hall–Kier alpha value is -2.31. The lowest BCUT2D eigenvalue weighted by atomic mass is 10.4. The van der Waals surface area contributed by atoms with Gasteiger partial charge in [-0.15, -0.1) is 0 Å². The first-order valence-corrected chi connectivity index (χ1v) is 5.22. The van der Waals surface area contributed by atoms with Crippen molar-refractivity contribution in [1.82, 2.24) is 19.7 Å². The van der Waals surface area contributed by atoms with Gasteiger partial charge in [0.15, 0.2) is 0 Å². The van der Waals surface area contributed by atoms with Crippen LogP contribution in [-0.4, -0.2) is 26.8 Å². The number of hydrogen-bond donors (Lipinski definition) is 3. The molecule has 2 aromatic rings. The third-order valence-electron chi connectivity index (χ3n) is 2.37. The Bertz CT molecular complexity index is 505. The summed E-state index contributed by atoms with van der Waals surface area (Å²) >= 11 is 0. The van der Waals surface area contributed by atoms with Crippen LogP contribution in [-0.2, 0) is 13.6 Å². The van der Waals surface area contributed by atoms with Gasteiger partial charge in [0.2, 0.25) is 5.95 Å². The maximum absolute atomic E-state index is 5.59. The van der Waals surface area contributed by atoms with E-state index >= 15 is 0 Å². The van der Waals surface area contributed by atoms with Gasteiger partial charge in [-0.25, -0.2) is 0 Å². The second kappa shape index (κ2) is 4.69. The average Bonchev–Trinajstić information content (AvgIpc) is 2.71. The Morgan fingerprint density at radius 2 is 2.12 bits per heavy atom. The van der Waals surface area contributed by atoms with E-state index in [1.165, 1.54) is 0 Å². The van der Waals surface area contributed by atoms with Crippen molar-refractivity contribution in [1.29, 1.82) is 0 Å². The van der Waals surface area contributed by atoms with E-state index in [2.05, 4.69) is 25.7 Å². The Kier molecular flexibility index (Phi) is 3.08. The van der Waals surface area contributed by atoms with Gasteiger partial charge in [0.05, 0.1) is 12.2 Å². The van der Waals surface area contributed by atoms with Crippen LogP contribution in [0.25, 0.3) is 0 Å². The molecule has 7 nitrogen and oxygen atoms in total. The van der Waals surface area contributed by atoms with Crippen molar-refractivity contribution in [2.75, 3.05) is 23.4 Å². The van der Waals surface area contributed by atoms with E-state index in [-0.39, 0.29) is 5.95 Å². The minimum absolute atomic E-state index is 0.240. The minimum Gasteiger partial charge on any atom is -0.373 e. The molecule has 0 aliphatic carbocycles. The van der Waals surface area contributed by atoms with Gasteiger partial charge in [-0.1, -0.05) is 0 Å². The molecule has 7 heteroatoms. The molecule has 0 saturated heterocycles. The number of nitrogens with one attached hydrogen (secondary N) is 2. The van der Waals surface area contributed by atoms with Gasteiger partial charge in [0, 0.05) is 26.4 Å². The molecule has 0 atom stereocenters. The number of rotatable bonds is 4. The first-order valence-electron chi connectivity index (χ1n) is 5.22. The van der Waals surface area contributed by atoms with Gasteiger partial charge in [-0.05, 0) is 6.07 Å². The molecule has 4 N–H and O–H groups in total. The minimum atomic E-state index is 0.240. The van der Waals surface area contributed by atoms with Crippen LogP contribution in [0.5, 0.6) is 0 Å². The highest BCUT2D eigenvalue weighted by atomic mass is 15.3. The van der Waals surface area contributed by atoms with Crippen molar-refractivity contribution in [3.05, 3.63) is 24.0 Å². The van der Waals surface area contributed by atoms with E-state index in [1.807, 2.05) is 13.1 Å². The number of nitrogens with two attached hydrogens (primary N) is 1.